The molecule has 0 aliphatic carbocycles. The number of hydrogen-bond donors (Lipinski definition) is 1. The Hall–Kier alpha value is -2.14. The van der Waals surface area contributed by atoms with Crippen LogP contribution in [0.4, 0.5) is 0 Å². The lowest BCUT2D eigenvalue weighted by atomic mass is 10.1. The van der Waals surface area contributed by atoms with Crippen LogP contribution in [-0.2, 0) is 4.74 Å². The molecule has 2 aromatic heterocycles. The first-order valence-corrected chi connectivity index (χ1v) is 7.64. The average molecular weight is 300 g/mol. The molecular weight excluding hydrogens is 284 g/mol. The number of hydrogen-bond acceptors (Lipinski definition) is 4. The van der Waals surface area contributed by atoms with E-state index in [1.807, 2.05) is 19.2 Å². The summed E-state index contributed by atoms with van der Waals surface area (Å²) in [6, 6.07) is 6.22. The molecule has 0 fully saturated rings. The smallest absolute Gasteiger partial charge is 0.350 e. The van der Waals surface area contributed by atoms with Crippen LogP contribution < -0.4 is 0 Å². The zero-order valence-corrected chi connectivity index (χ0v) is 13.0. The van der Waals surface area contributed by atoms with Crippen molar-refractivity contribution in [3.05, 3.63) is 40.5 Å². The molecular formula is C16H16N2O2S. The van der Waals surface area contributed by atoms with Gasteiger partial charge >= 0.3 is 5.97 Å². The molecule has 0 bridgehead atoms. The fourth-order valence-electron chi connectivity index (χ4n) is 2.39. The van der Waals surface area contributed by atoms with Crippen molar-refractivity contribution in [1.29, 1.82) is 0 Å². The summed E-state index contributed by atoms with van der Waals surface area (Å²) >= 11 is 1.38. The molecule has 0 unspecified atom stereocenters. The minimum Gasteiger partial charge on any atom is -0.462 e. The van der Waals surface area contributed by atoms with E-state index in [9.17, 15) is 4.79 Å². The van der Waals surface area contributed by atoms with Crippen molar-refractivity contribution in [2.24, 2.45) is 0 Å². The maximum atomic E-state index is 11.9. The molecule has 3 aromatic rings. The molecule has 0 spiro atoms. The second-order valence-corrected chi connectivity index (χ2v) is 5.89. The van der Waals surface area contributed by atoms with Gasteiger partial charge < -0.3 is 9.72 Å². The van der Waals surface area contributed by atoms with Crippen molar-refractivity contribution in [2.75, 3.05) is 6.61 Å². The van der Waals surface area contributed by atoms with E-state index in [2.05, 4.69) is 29.0 Å². The Morgan fingerprint density at radius 3 is 2.95 bits per heavy atom. The zero-order chi connectivity index (χ0) is 15.0. The third-order valence-corrected chi connectivity index (χ3v) is 4.55. The largest absolute Gasteiger partial charge is 0.462 e. The Labute approximate surface area is 126 Å². The number of esters is 1. The Balaban J connectivity index is 2.06. The highest BCUT2D eigenvalue weighted by atomic mass is 32.1. The molecule has 0 saturated carbocycles. The van der Waals surface area contributed by atoms with Crippen LogP contribution >= 0.6 is 11.3 Å². The van der Waals surface area contributed by atoms with Gasteiger partial charge in [0.2, 0.25) is 0 Å². The van der Waals surface area contributed by atoms with Gasteiger partial charge in [0, 0.05) is 22.7 Å². The van der Waals surface area contributed by atoms with Gasteiger partial charge in [0.1, 0.15) is 9.88 Å². The third kappa shape index (κ3) is 2.45. The lowest BCUT2D eigenvalue weighted by Crippen LogP contribution is -2.03. The SMILES string of the molecule is CCOC(=O)c1sc(-c2cc(C)c3[nH]ccc3c2)nc1C. The lowest BCUT2D eigenvalue weighted by molar-refractivity contribution is 0.0531. The summed E-state index contributed by atoms with van der Waals surface area (Å²) in [6.07, 6.45) is 1.93. The number of aryl methyl sites for hydroxylation is 2. The second-order valence-electron chi connectivity index (χ2n) is 4.89. The molecule has 2 heterocycles. The van der Waals surface area contributed by atoms with Crippen LogP contribution in [0.15, 0.2) is 24.4 Å². The van der Waals surface area contributed by atoms with Crippen LogP contribution in [-0.4, -0.2) is 22.5 Å². The summed E-state index contributed by atoms with van der Waals surface area (Å²) in [4.78, 5) is 20.2. The van der Waals surface area contributed by atoms with Gasteiger partial charge in [-0.25, -0.2) is 9.78 Å². The summed E-state index contributed by atoms with van der Waals surface area (Å²) in [7, 11) is 0. The number of fused-ring (bicyclic) bond motifs is 1. The minimum atomic E-state index is -0.293. The molecule has 4 nitrogen and oxygen atoms in total. The van der Waals surface area contributed by atoms with E-state index in [1.54, 1.807) is 6.92 Å². The number of nitrogens with zero attached hydrogens (tertiary/aromatic N) is 1. The predicted molar refractivity (Wildman–Crippen MR) is 84.8 cm³/mol. The molecule has 1 N–H and O–H groups in total. The van der Waals surface area contributed by atoms with Gasteiger partial charge in [-0.05, 0) is 44.5 Å². The van der Waals surface area contributed by atoms with Gasteiger partial charge in [-0.3, -0.25) is 0 Å². The Morgan fingerprint density at radius 2 is 2.19 bits per heavy atom. The van der Waals surface area contributed by atoms with Gasteiger partial charge in [-0.1, -0.05) is 0 Å². The standard InChI is InChI=1S/C16H16N2O2S/c1-4-20-16(19)14-10(3)18-15(21-14)12-7-9(2)13-11(8-12)5-6-17-13/h5-8,17H,4H2,1-3H3. The zero-order valence-electron chi connectivity index (χ0n) is 12.2. The number of carbonyl (C=O) groups is 1. The van der Waals surface area contributed by atoms with E-state index < -0.39 is 0 Å². The summed E-state index contributed by atoms with van der Waals surface area (Å²) in [5, 5.41) is 2.00. The molecule has 0 saturated heterocycles. The highest BCUT2D eigenvalue weighted by molar-refractivity contribution is 7.17. The normalized spacial score (nSPS) is 11.0. The van der Waals surface area contributed by atoms with Crippen molar-refractivity contribution >= 4 is 28.2 Å². The van der Waals surface area contributed by atoms with E-state index in [4.69, 9.17) is 4.74 Å². The molecule has 21 heavy (non-hydrogen) atoms. The van der Waals surface area contributed by atoms with E-state index in [1.165, 1.54) is 11.3 Å². The summed E-state index contributed by atoms with van der Waals surface area (Å²) in [5.74, 6) is -0.293. The Morgan fingerprint density at radius 1 is 1.38 bits per heavy atom. The summed E-state index contributed by atoms with van der Waals surface area (Å²) in [6.45, 7) is 6.08. The van der Waals surface area contributed by atoms with Crippen molar-refractivity contribution < 1.29 is 9.53 Å². The third-order valence-electron chi connectivity index (χ3n) is 3.36. The summed E-state index contributed by atoms with van der Waals surface area (Å²) in [5.41, 5.74) is 4.05. The van der Waals surface area contributed by atoms with Gasteiger partial charge in [0.15, 0.2) is 0 Å². The van der Waals surface area contributed by atoms with Crippen LogP contribution in [0.25, 0.3) is 21.5 Å². The van der Waals surface area contributed by atoms with E-state index >= 15 is 0 Å². The number of benzene rings is 1. The Bertz CT molecular complexity index is 817. The van der Waals surface area contributed by atoms with Crippen LogP contribution in [0.5, 0.6) is 0 Å². The molecule has 0 amide bonds. The Kier molecular flexibility index (Phi) is 3.51. The summed E-state index contributed by atoms with van der Waals surface area (Å²) < 4.78 is 5.07. The van der Waals surface area contributed by atoms with Crippen LogP contribution in [0.3, 0.4) is 0 Å². The molecule has 3 rings (SSSR count). The number of H-pyrrole nitrogens is 1. The van der Waals surface area contributed by atoms with Gasteiger partial charge in [0.05, 0.1) is 12.3 Å². The number of thiazole rings is 1. The topological polar surface area (TPSA) is 55.0 Å². The molecule has 1 aromatic carbocycles. The van der Waals surface area contributed by atoms with Crippen molar-refractivity contribution in [2.45, 2.75) is 20.8 Å². The minimum absolute atomic E-state index is 0.293. The van der Waals surface area contributed by atoms with E-state index in [0.717, 1.165) is 32.7 Å². The molecule has 108 valence electrons. The van der Waals surface area contributed by atoms with Gasteiger partial charge in [-0.15, -0.1) is 11.3 Å². The van der Waals surface area contributed by atoms with Crippen LogP contribution in [0.1, 0.15) is 27.9 Å². The van der Waals surface area contributed by atoms with E-state index in [-0.39, 0.29) is 5.97 Å². The van der Waals surface area contributed by atoms with Gasteiger partial charge in [-0.2, -0.15) is 0 Å². The maximum absolute atomic E-state index is 11.9. The highest BCUT2D eigenvalue weighted by Gasteiger charge is 2.17. The maximum Gasteiger partial charge on any atom is 0.350 e. The second kappa shape index (κ2) is 5.33. The number of nitrogens with one attached hydrogen (secondary N) is 1. The number of carbonyl (C=O) groups excluding carboxylic acids is 1. The number of aromatic amines is 1. The van der Waals surface area contributed by atoms with E-state index in [0.29, 0.717) is 11.5 Å². The molecule has 5 heteroatoms. The molecule has 0 aliphatic heterocycles. The first kappa shape index (κ1) is 13.8. The van der Waals surface area contributed by atoms with Crippen molar-refractivity contribution in [1.82, 2.24) is 9.97 Å². The van der Waals surface area contributed by atoms with Gasteiger partial charge in [0.25, 0.3) is 0 Å². The van der Waals surface area contributed by atoms with Crippen LogP contribution in [0, 0.1) is 13.8 Å². The van der Waals surface area contributed by atoms with Crippen LogP contribution in [0.2, 0.25) is 0 Å². The highest BCUT2D eigenvalue weighted by Crippen LogP contribution is 2.31. The fraction of sp³-hybridized carbons (Fsp3) is 0.250. The average Bonchev–Trinajstić information content (AvgIpc) is 3.05. The lowest BCUT2D eigenvalue weighted by Gasteiger charge is -2.01. The fourth-order valence-corrected chi connectivity index (χ4v) is 3.33. The molecule has 0 radical (unpaired) electrons. The number of aromatic nitrogens is 2. The monoisotopic (exact) mass is 300 g/mol. The number of rotatable bonds is 3. The first-order chi connectivity index (χ1) is 10.1. The predicted octanol–water partition coefficient (Wildman–Crippen LogP) is 4.08. The quantitative estimate of drug-likeness (QED) is 0.741. The number of ether oxygens (including phenoxy) is 1. The molecule has 0 atom stereocenters. The first-order valence-electron chi connectivity index (χ1n) is 6.82. The molecule has 0 aliphatic rings. The van der Waals surface area contributed by atoms with Crippen molar-refractivity contribution in [3.8, 4) is 10.6 Å². The van der Waals surface area contributed by atoms with Crippen molar-refractivity contribution in [3.63, 3.8) is 0 Å².